The van der Waals surface area contributed by atoms with E-state index in [9.17, 15) is 0 Å². The van der Waals surface area contributed by atoms with Crippen LogP contribution < -0.4 is 4.74 Å². The molecule has 0 aromatic heterocycles. The van der Waals surface area contributed by atoms with Gasteiger partial charge in [0.15, 0.2) is 0 Å². The quantitative estimate of drug-likeness (QED) is 0.669. The fourth-order valence-corrected chi connectivity index (χ4v) is 5.73. The second-order valence-electron chi connectivity index (χ2n) is 7.30. The summed E-state index contributed by atoms with van der Waals surface area (Å²) in [6, 6.07) is 13.3. The summed E-state index contributed by atoms with van der Waals surface area (Å²) in [4.78, 5) is 0. The van der Waals surface area contributed by atoms with Crippen LogP contribution in [-0.4, -0.2) is 20.3 Å². The largest absolute Gasteiger partial charge is 0.497 e. The molecule has 25 heavy (non-hydrogen) atoms. The molecular weight excluding hydrogens is 376 g/mol. The maximum atomic E-state index is 5.75. The molecule has 0 amide bonds. The number of hydrogen-bond donors (Lipinski definition) is 0. The molecule has 0 atom stereocenters. The Bertz CT molecular complexity index is 891. The number of allylic oxidation sites excluding steroid dienone is 2. The molecule has 0 unspecified atom stereocenters. The average molecular weight is 397 g/mol. The molecular formula is C22H21BrO2. The van der Waals surface area contributed by atoms with Gasteiger partial charge in [0.25, 0.3) is 0 Å². The van der Waals surface area contributed by atoms with Crippen molar-refractivity contribution < 1.29 is 9.47 Å². The Balaban J connectivity index is 1.75. The summed E-state index contributed by atoms with van der Waals surface area (Å²) in [7, 11) is 1.76. The number of fused-ring (bicyclic) bond motifs is 5. The third-order valence-corrected chi connectivity index (χ3v) is 6.92. The predicted octanol–water partition coefficient (Wildman–Crippen LogP) is 5.07. The number of benzene rings is 2. The highest BCUT2D eigenvalue weighted by Crippen LogP contribution is 2.55. The van der Waals surface area contributed by atoms with E-state index in [2.05, 4.69) is 52.3 Å². The van der Waals surface area contributed by atoms with Crippen molar-refractivity contribution in [1.29, 1.82) is 0 Å². The van der Waals surface area contributed by atoms with Gasteiger partial charge in [0.2, 0.25) is 0 Å². The molecule has 0 saturated carbocycles. The number of halogens is 1. The van der Waals surface area contributed by atoms with Crippen LogP contribution in [0.1, 0.15) is 35.1 Å². The molecule has 0 N–H and O–H groups in total. The van der Waals surface area contributed by atoms with Crippen LogP contribution in [0.5, 0.6) is 5.75 Å². The Morgan fingerprint density at radius 2 is 1.88 bits per heavy atom. The number of hydrogen-bond acceptors (Lipinski definition) is 2. The van der Waals surface area contributed by atoms with Crippen LogP contribution in [-0.2, 0) is 23.0 Å². The van der Waals surface area contributed by atoms with E-state index in [0.29, 0.717) is 0 Å². The zero-order valence-electron chi connectivity index (χ0n) is 14.4. The van der Waals surface area contributed by atoms with Gasteiger partial charge < -0.3 is 9.47 Å². The first-order valence-electron chi connectivity index (χ1n) is 8.98. The molecule has 128 valence electrons. The van der Waals surface area contributed by atoms with E-state index in [1.165, 1.54) is 26.7 Å². The lowest BCUT2D eigenvalue weighted by Gasteiger charge is -2.44. The predicted molar refractivity (Wildman–Crippen MR) is 103 cm³/mol. The third kappa shape index (κ3) is 2.18. The number of rotatable bonds is 1. The maximum absolute atomic E-state index is 5.75. The van der Waals surface area contributed by atoms with E-state index in [1.54, 1.807) is 18.3 Å². The molecule has 2 aromatic carbocycles. The minimum atomic E-state index is 0.105. The zero-order valence-corrected chi connectivity index (χ0v) is 16.0. The van der Waals surface area contributed by atoms with Gasteiger partial charge in [0, 0.05) is 23.1 Å². The standard InChI is InChI=1S/C22H21BrO2/c1-24-16-6-5-14-11-17-19(12-15-3-2-4-20(23)21(15)17)22(18(14)13-16)7-9-25-10-8-22/h2-6,13H,7-12H2,1H3. The summed E-state index contributed by atoms with van der Waals surface area (Å²) in [5.74, 6) is 0.963. The van der Waals surface area contributed by atoms with E-state index >= 15 is 0 Å². The van der Waals surface area contributed by atoms with Crippen molar-refractivity contribution in [2.75, 3.05) is 20.3 Å². The first kappa shape index (κ1) is 15.7. The maximum Gasteiger partial charge on any atom is 0.119 e. The van der Waals surface area contributed by atoms with E-state index in [4.69, 9.17) is 9.47 Å². The van der Waals surface area contributed by atoms with Gasteiger partial charge in [-0.15, -0.1) is 0 Å². The Kier molecular flexibility index (Phi) is 3.58. The van der Waals surface area contributed by atoms with Crippen LogP contribution >= 0.6 is 15.9 Å². The molecule has 2 nitrogen and oxygen atoms in total. The lowest BCUT2D eigenvalue weighted by Crippen LogP contribution is -2.39. The van der Waals surface area contributed by atoms with Gasteiger partial charge in [-0.25, -0.2) is 0 Å². The zero-order chi connectivity index (χ0) is 17.0. The molecule has 0 bridgehead atoms. The highest BCUT2D eigenvalue weighted by molar-refractivity contribution is 9.10. The molecule has 1 spiro atoms. The molecule has 2 aromatic rings. The van der Waals surface area contributed by atoms with E-state index in [-0.39, 0.29) is 5.41 Å². The molecule has 1 fully saturated rings. The summed E-state index contributed by atoms with van der Waals surface area (Å²) in [5.41, 5.74) is 9.09. The van der Waals surface area contributed by atoms with Crippen LogP contribution in [0.3, 0.4) is 0 Å². The second-order valence-corrected chi connectivity index (χ2v) is 8.16. The Hall–Kier alpha value is -1.58. The Morgan fingerprint density at radius 3 is 2.68 bits per heavy atom. The topological polar surface area (TPSA) is 18.5 Å². The van der Waals surface area contributed by atoms with Crippen LogP contribution in [0.4, 0.5) is 0 Å². The van der Waals surface area contributed by atoms with Crippen molar-refractivity contribution >= 4 is 21.5 Å². The average Bonchev–Trinajstić information content (AvgIpc) is 3.03. The Labute approximate surface area is 157 Å². The van der Waals surface area contributed by atoms with Gasteiger partial charge >= 0.3 is 0 Å². The summed E-state index contributed by atoms with van der Waals surface area (Å²) in [5, 5.41) is 0. The minimum absolute atomic E-state index is 0.105. The van der Waals surface area contributed by atoms with Crippen molar-refractivity contribution in [2.45, 2.75) is 31.1 Å². The lowest BCUT2D eigenvalue weighted by atomic mass is 9.62. The molecule has 1 saturated heterocycles. The smallest absolute Gasteiger partial charge is 0.119 e. The summed E-state index contributed by atoms with van der Waals surface area (Å²) in [6.07, 6.45) is 4.23. The van der Waals surface area contributed by atoms with Crippen LogP contribution in [0.25, 0.3) is 5.57 Å². The van der Waals surface area contributed by atoms with Crippen molar-refractivity contribution in [3.05, 3.63) is 68.7 Å². The lowest BCUT2D eigenvalue weighted by molar-refractivity contribution is 0.0607. The second kappa shape index (κ2) is 5.72. The minimum Gasteiger partial charge on any atom is -0.497 e. The highest BCUT2D eigenvalue weighted by atomic mass is 79.9. The fraction of sp³-hybridized carbons (Fsp3) is 0.364. The fourth-order valence-electron chi connectivity index (χ4n) is 5.08. The molecule has 1 aliphatic heterocycles. The molecule has 3 aliphatic rings. The first-order chi connectivity index (χ1) is 12.2. The number of methoxy groups -OCH3 is 1. The van der Waals surface area contributed by atoms with Gasteiger partial charge in [-0.05, 0) is 71.7 Å². The monoisotopic (exact) mass is 396 g/mol. The third-order valence-electron chi connectivity index (χ3n) is 6.26. The van der Waals surface area contributed by atoms with Gasteiger partial charge in [-0.3, -0.25) is 0 Å². The van der Waals surface area contributed by atoms with Gasteiger partial charge in [0.1, 0.15) is 5.75 Å². The van der Waals surface area contributed by atoms with Crippen molar-refractivity contribution in [3.63, 3.8) is 0 Å². The van der Waals surface area contributed by atoms with Gasteiger partial charge in [-0.1, -0.05) is 39.7 Å². The van der Waals surface area contributed by atoms with Gasteiger partial charge in [-0.2, -0.15) is 0 Å². The first-order valence-corrected chi connectivity index (χ1v) is 9.78. The molecule has 2 aliphatic carbocycles. The highest BCUT2D eigenvalue weighted by Gasteiger charge is 2.46. The molecule has 3 heteroatoms. The SMILES string of the molecule is COc1ccc2c(c1)C1(CCOCC1)C1=C(C2)c2c(Br)cccc2C1. The van der Waals surface area contributed by atoms with Gasteiger partial charge in [0.05, 0.1) is 7.11 Å². The molecule has 0 radical (unpaired) electrons. The van der Waals surface area contributed by atoms with E-state index < -0.39 is 0 Å². The number of ether oxygens (including phenoxy) is 2. The van der Waals surface area contributed by atoms with Crippen LogP contribution in [0, 0.1) is 0 Å². The normalized spacial score (nSPS) is 20.2. The summed E-state index contributed by atoms with van der Waals surface area (Å²) in [6.45, 7) is 1.68. The van der Waals surface area contributed by atoms with Crippen LogP contribution in [0.2, 0.25) is 0 Å². The van der Waals surface area contributed by atoms with Crippen molar-refractivity contribution in [1.82, 2.24) is 0 Å². The Morgan fingerprint density at radius 1 is 1.04 bits per heavy atom. The summed E-state index contributed by atoms with van der Waals surface area (Å²) >= 11 is 3.81. The van der Waals surface area contributed by atoms with E-state index in [1.807, 2.05) is 0 Å². The van der Waals surface area contributed by atoms with Crippen LogP contribution in [0.15, 0.2) is 46.4 Å². The van der Waals surface area contributed by atoms with Crippen molar-refractivity contribution in [2.24, 2.45) is 0 Å². The summed E-state index contributed by atoms with van der Waals surface area (Å²) < 4.78 is 12.5. The molecule has 1 heterocycles. The molecule has 5 rings (SSSR count). The van der Waals surface area contributed by atoms with E-state index in [0.717, 1.165) is 44.6 Å². The van der Waals surface area contributed by atoms with Crippen molar-refractivity contribution in [3.8, 4) is 5.75 Å².